The zero-order chi connectivity index (χ0) is 12.0. The van der Waals surface area contributed by atoms with Crippen molar-refractivity contribution >= 4 is 17.1 Å². The Kier molecular flexibility index (Phi) is 1.87. The van der Waals surface area contributed by atoms with Gasteiger partial charge in [-0.3, -0.25) is 9.59 Å². The average Bonchev–Trinajstić information content (AvgIpc) is 2.36. The predicted molar refractivity (Wildman–Crippen MR) is 61.6 cm³/mol. The summed E-state index contributed by atoms with van der Waals surface area (Å²) >= 11 is 0. The molecule has 3 rings (SSSR count). The Morgan fingerprint density at radius 2 is 1.88 bits per heavy atom. The molecular weight excluding hydrogens is 214 g/mol. The van der Waals surface area contributed by atoms with Crippen molar-refractivity contribution in [2.45, 2.75) is 6.42 Å². The van der Waals surface area contributed by atoms with E-state index in [2.05, 4.69) is 0 Å². The van der Waals surface area contributed by atoms with Crippen LogP contribution in [0.2, 0.25) is 0 Å². The van der Waals surface area contributed by atoms with Crippen LogP contribution in [0.25, 0.3) is 5.57 Å². The molecule has 0 amide bonds. The summed E-state index contributed by atoms with van der Waals surface area (Å²) in [7, 11) is 0. The van der Waals surface area contributed by atoms with Crippen LogP contribution in [0.3, 0.4) is 0 Å². The van der Waals surface area contributed by atoms with Gasteiger partial charge in [0.2, 0.25) is 0 Å². The molecule has 0 saturated heterocycles. The lowest BCUT2D eigenvalue weighted by atomic mass is 9.81. The molecule has 0 aliphatic heterocycles. The van der Waals surface area contributed by atoms with Gasteiger partial charge in [-0.15, -0.1) is 0 Å². The summed E-state index contributed by atoms with van der Waals surface area (Å²) in [6, 6.07) is 5.11. The van der Waals surface area contributed by atoms with Crippen LogP contribution in [-0.2, 0) is 0 Å². The van der Waals surface area contributed by atoms with Crippen molar-refractivity contribution in [2.24, 2.45) is 0 Å². The Morgan fingerprint density at radius 3 is 2.65 bits per heavy atom. The molecular formula is C14H7NO2. The number of nitrogens with zero attached hydrogens (tertiary/aromatic N) is 1. The Bertz CT molecular complexity index is 672. The topological polar surface area (TPSA) is 57.9 Å². The van der Waals surface area contributed by atoms with Gasteiger partial charge < -0.3 is 0 Å². The Labute approximate surface area is 97.7 Å². The summed E-state index contributed by atoms with van der Waals surface area (Å²) in [6.07, 6.45) is 5.36. The number of nitriles is 1. The van der Waals surface area contributed by atoms with Gasteiger partial charge in [-0.1, -0.05) is 12.2 Å². The van der Waals surface area contributed by atoms with Crippen molar-refractivity contribution in [3.63, 3.8) is 0 Å². The third kappa shape index (κ3) is 1.28. The third-order valence-corrected chi connectivity index (χ3v) is 3.04. The van der Waals surface area contributed by atoms with Gasteiger partial charge in [0.05, 0.1) is 11.6 Å². The number of Topliss-reactive ketones (excluding diaryl/α,β-unsaturated/α-hetero) is 1. The summed E-state index contributed by atoms with van der Waals surface area (Å²) in [4.78, 5) is 23.6. The molecule has 0 heterocycles. The van der Waals surface area contributed by atoms with Crippen molar-refractivity contribution in [2.75, 3.05) is 0 Å². The lowest BCUT2D eigenvalue weighted by molar-refractivity contribution is 0.0994. The van der Waals surface area contributed by atoms with Crippen molar-refractivity contribution in [3.05, 3.63) is 52.6 Å². The van der Waals surface area contributed by atoms with Crippen LogP contribution >= 0.6 is 0 Å². The number of benzene rings is 1. The van der Waals surface area contributed by atoms with Crippen molar-refractivity contribution in [3.8, 4) is 6.07 Å². The highest BCUT2D eigenvalue weighted by Gasteiger charge is 2.26. The number of hydrogen-bond acceptors (Lipinski definition) is 3. The lowest BCUT2D eigenvalue weighted by Crippen LogP contribution is -2.15. The van der Waals surface area contributed by atoms with E-state index in [1.807, 2.05) is 12.1 Å². The summed E-state index contributed by atoms with van der Waals surface area (Å²) in [5, 5.41) is 8.91. The zero-order valence-electron chi connectivity index (χ0n) is 8.86. The van der Waals surface area contributed by atoms with Gasteiger partial charge in [-0.05, 0) is 23.8 Å². The van der Waals surface area contributed by atoms with Crippen molar-refractivity contribution in [1.29, 1.82) is 5.26 Å². The van der Waals surface area contributed by atoms with Gasteiger partial charge >= 0.3 is 0 Å². The monoisotopic (exact) mass is 221 g/mol. The molecule has 0 radical (unpaired) electrons. The normalized spacial score (nSPS) is 16.3. The Morgan fingerprint density at radius 1 is 1.12 bits per heavy atom. The van der Waals surface area contributed by atoms with Crippen molar-refractivity contribution < 1.29 is 9.59 Å². The first kappa shape index (κ1) is 9.73. The summed E-state index contributed by atoms with van der Waals surface area (Å²) in [5.41, 5.74) is 2.90. The van der Waals surface area contributed by atoms with Crippen LogP contribution in [0.15, 0.2) is 30.4 Å². The molecule has 0 atom stereocenters. The summed E-state index contributed by atoms with van der Waals surface area (Å²) < 4.78 is 0. The first-order valence-corrected chi connectivity index (χ1v) is 5.25. The molecule has 2 aliphatic rings. The number of allylic oxidation sites excluding steroid dienone is 4. The molecule has 0 aromatic heterocycles. The van der Waals surface area contributed by atoms with E-state index in [9.17, 15) is 9.59 Å². The van der Waals surface area contributed by atoms with E-state index in [1.165, 1.54) is 6.08 Å². The molecule has 3 heteroatoms. The molecule has 0 spiro atoms. The highest BCUT2D eigenvalue weighted by molar-refractivity contribution is 6.18. The van der Waals surface area contributed by atoms with Crippen LogP contribution in [-0.4, -0.2) is 11.6 Å². The number of hydrogen-bond donors (Lipinski definition) is 0. The van der Waals surface area contributed by atoms with E-state index in [0.717, 1.165) is 5.57 Å². The van der Waals surface area contributed by atoms with E-state index in [0.29, 0.717) is 28.7 Å². The molecule has 17 heavy (non-hydrogen) atoms. The smallest absolute Gasteiger partial charge is 0.186 e. The number of carbonyl (C=O) groups excluding carboxylic acids is 2. The molecule has 0 fully saturated rings. The highest BCUT2D eigenvalue weighted by Crippen LogP contribution is 2.34. The SMILES string of the molecule is N#Cc1cc2c3c(c1)C(=O)CC=C3C=CC2=O. The maximum Gasteiger partial charge on any atom is 0.186 e. The van der Waals surface area contributed by atoms with E-state index in [1.54, 1.807) is 18.2 Å². The van der Waals surface area contributed by atoms with Gasteiger partial charge in [0, 0.05) is 23.1 Å². The maximum atomic E-state index is 11.8. The van der Waals surface area contributed by atoms with Gasteiger partial charge in [0.15, 0.2) is 11.6 Å². The second kappa shape index (κ2) is 3.26. The maximum absolute atomic E-state index is 11.8. The minimum atomic E-state index is -0.148. The van der Waals surface area contributed by atoms with Crippen LogP contribution < -0.4 is 0 Å². The molecule has 0 bridgehead atoms. The van der Waals surface area contributed by atoms with Gasteiger partial charge in [-0.2, -0.15) is 5.26 Å². The van der Waals surface area contributed by atoms with E-state index >= 15 is 0 Å². The first-order valence-electron chi connectivity index (χ1n) is 5.25. The van der Waals surface area contributed by atoms with E-state index < -0.39 is 0 Å². The van der Waals surface area contributed by atoms with Crippen LogP contribution in [0.4, 0.5) is 0 Å². The number of ketones is 2. The minimum Gasteiger partial charge on any atom is -0.294 e. The standard InChI is InChI=1S/C14H7NO2/c15-7-8-5-10-12(16)3-1-9-2-4-13(17)11(6-8)14(9)10/h1-3,5-6H,4H2. The average molecular weight is 221 g/mol. The third-order valence-electron chi connectivity index (χ3n) is 3.04. The summed E-state index contributed by atoms with van der Waals surface area (Å²) in [5.74, 6) is -0.185. The van der Waals surface area contributed by atoms with Crippen LogP contribution in [0.1, 0.15) is 38.3 Å². The minimum absolute atomic E-state index is 0.0369. The molecule has 2 aliphatic carbocycles. The molecule has 0 saturated carbocycles. The van der Waals surface area contributed by atoms with Gasteiger partial charge in [-0.25, -0.2) is 0 Å². The Balaban J connectivity index is 2.42. The molecule has 0 N–H and O–H groups in total. The Hall–Kier alpha value is -2.47. The fourth-order valence-corrected chi connectivity index (χ4v) is 2.25. The summed E-state index contributed by atoms with van der Waals surface area (Å²) in [6.45, 7) is 0. The van der Waals surface area contributed by atoms with E-state index in [-0.39, 0.29) is 11.6 Å². The molecule has 80 valence electrons. The van der Waals surface area contributed by atoms with Crippen LogP contribution in [0, 0.1) is 11.3 Å². The van der Waals surface area contributed by atoms with Gasteiger partial charge in [0.25, 0.3) is 0 Å². The fourth-order valence-electron chi connectivity index (χ4n) is 2.25. The lowest BCUT2D eigenvalue weighted by Gasteiger charge is -2.20. The first-order chi connectivity index (χ1) is 8.20. The quantitative estimate of drug-likeness (QED) is 0.675. The zero-order valence-corrected chi connectivity index (χ0v) is 8.86. The van der Waals surface area contributed by atoms with Crippen LogP contribution in [0.5, 0.6) is 0 Å². The highest BCUT2D eigenvalue weighted by atomic mass is 16.1. The van der Waals surface area contributed by atoms with E-state index in [4.69, 9.17) is 5.26 Å². The second-order valence-electron chi connectivity index (χ2n) is 4.04. The second-order valence-corrected chi connectivity index (χ2v) is 4.04. The fraction of sp³-hybridized carbons (Fsp3) is 0.0714. The predicted octanol–water partition coefficient (Wildman–Crippen LogP) is 2.28. The van der Waals surface area contributed by atoms with Crippen molar-refractivity contribution in [1.82, 2.24) is 0 Å². The molecule has 3 nitrogen and oxygen atoms in total. The number of rotatable bonds is 0. The largest absolute Gasteiger partial charge is 0.294 e. The van der Waals surface area contributed by atoms with Gasteiger partial charge in [0.1, 0.15) is 0 Å². The molecule has 1 aromatic carbocycles. The molecule has 0 unspecified atom stereocenters. The number of carbonyl (C=O) groups is 2. The molecule has 1 aromatic rings.